The zero-order chi connectivity index (χ0) is 100. The molecule has 1 aliphatic heterocycles. The molecule has 706 valence electrons. The minimum atomic E-state index is -4.56. The molecule has 0 aliphatic carbocycles. The van der Waals surface area contributed by atoms with Crippen molar-refractivity contribution >= 4 is 51.6 Å². The Hall–Kier alpha value is -17.0. The van der Waals surface area contributed by atoms with Gasteiger partial charge in [-0.25, -0.2) is 24.9 Å². The molecule has 0 bridgehead atoms. The summed E-state index contributed by atoms with van der Waals surface area (Å²) in [5.74, 6) is 22.3. The third-order valence-corrected chi connectivity index (χ3v) is 21.8. The van der Waals surface area contributed by atoms with E-state index >= 15 is 0 Å². The molecule has 16 rings (SSSR count). The summed E-state index contributed by atoms with van der Waals surface area (Å²) in [6, 6.07) is 43.8. The Labute approximate surface area is 795 Å². The number of anilines is 2. The number of carbonyl (C=O) groups is 5. The van der Waals surface area contributed by atoms with Gasteiger partial charge in [-0.2, -0.15) is 68.0 Å². The topological polar surface area (TPSA) is 304 Å². The number of primary amides is 1. The third-order valence-electron chi connectivity index (χ3n) is 21.8. The number of nitrogens with zero attached hydrogens (tertiary/aromatic N) is 14. The number of carbonyl (C=O) groups excluding carboxylic acids is 5. The number of fused-ring (bicyclic) bond motifs is 1. The van der Waals surface area contributed by atoms with Gasteiger partial charge in [-0.15, -0.1) is 5.10 Å². The lowest BCUT2D eigenvalue weighted by Gasteiger charge is -2.18. The lowest BCUT2D eigenvalue weighted by atomic mass is 9.96. The molecule has 1 saturated heterocycles. The van der Waals surface area contributed by atoms with Gasteiger partial charge in [-0.3, -0.25) is 33.9 Å². The summed E-state index contributed by atoms with van der Waals surface area (Å²) >= 11 is 0. The highest BCUT2D eigenvalue weighted by Gasteiger charge is 2.35. The number of likely N-dealkylation sites (tertiary alicyclic amines) is 1. The molecular weight excluding hydrogens is 1820 g/mol. The number of nitrogen functional groups attached to an aromatic ring is 1. The number of pyridine rings is 2. The predicted molar refractivity (Wildman–Crippen MR) is 500 cm³/mol. The zero-order valence-electron chi connectivity index (χ0n) is 75.4. The number of alkyl halides is 12. The van der Waals surface area contributed by atoms with Crippen LogP contribution in [0.4, 0.5) is 64.3 Å². The molecule has 8 heterocycles. The van der Waals surface area contributed by atoms with E-state index in [9.17, 15) is 76.7 Å². The van der Waals surface area contributed by atoms with Gasteiger partial charge in [-0.05, 0) is 215 Å². The van der Waals surface area contributed by atoms with E-state index in [-0.39, 0.29) is 89.5 Å². The van der Waals surface area contributed by atoms with E-state index in [1.807, 2.05) is 64.1 Å². The number of halogens is 12. The summed E-state index contributed by atoms with van der Waals surface area (Å²) < 4.78 is 163. The van der Waals surface area contributed by atoms with E-state index in [0.717, 1.165) is 119 Å². The van der Waals surface area contributed by atoms with Crippen LogP contribution in [0.5, 0.6) is 0 Å². The molecule has 0 unspecified atom stereocenters. The fourth-order valence-electron chi connectivity index (χ4n) is 14.3. The van der Waals surface area contributed by atoms with Gasteiger partial charge >= 0.3 is 24.7 Å². The van der Waals surface area contributed by atoms with Crippen LogP contribution in [0.15, 0.2) is 251 Å². The number of imidazole rings is 2. The van der Waals surface area contributed by atoms with Crippen LogP contribution < -0.4 is 16.8 Å². The highest BCUT2D eigenvalue weighted by atomic mass is 19.4. The van der Waals surface area contributed by atoms with E-state index in [2.05, 4.69) is 113 Å². The van der Waals surface area contributed by atoms with Crippen molar-refractivity contribution in [2.45, 2.75) is 104 Å². The zero-order valence-corrected chi connectivity index (χ0v) is 75.4. The number of nitrogens with two attached hydrogens (primary N) is 2. The molecule has 1 aliphatic rings. The van der Waals surface area contributed by atoms with Crippen LogP contribution >= 0.6 is 0 Å². The van der Waals surface area contributed by atoms with Gasteiger partial charge in [0.15, 0.2) is 23.1 Å². The monoisotopic (exact) mass is 1900 g/mol. The second kappa shape index (κ2) is 45.1. The Bertz CT molecular complexity index is 7390. The van der Waals surface area contributed by atoms with Crippen molar-refractivity contribution < 1.29 is 76.7 Å². The summed E-state index contributed by atoms with van der Waals surface area (Å²) in [6.07, 6.45) is 1.04. The molecule has 0 spiro atoms. The van der Waals surface area contributed by atoms with Gasteiger partial charge in [-0.1, -0.05) is 108 Å². The first-order valence-electron chi connectivity index (χ1n) is 43.2. The van der Waals surface area contributed by atoms with Gasteiger partial charge < -0.3 is 30.8 Å². The minimum Gasteiger partial charge on any atom is -0.384 e. The number of aromatic nitrogens is 13. The van der Waals surface area contributed by atoms with Crippen molar-refractivity contribution in [2.75, 3.05) is 37.2 Å². The van der Waals surface area contributed by atoms with Gasteiger partial charge in [0, 0.05) is 160 Å². The highest BCUT2D eigenvalue weighted by Crippen LogP contribution is 2.37. The molecule has 0 atom stereocenters. The van der Waals surface area contributed by atoms with Crippen LogP contribution in [0.3, 0.4) is 0 Å². The normalized spacial score (nSPS) is 11.8. The SMILES string of the molecule is Cc1ccc(C(=O)Cc2cc(-n3ccnc3)cc(C(F)(F)F)c2)cc1C#Cc1cnnc(N)n1.Cc1ccc(C(=O)Cc2cc(C(F)(F)F)ccc2NCCN2CCCC2)cc1C#Cc1cnnc2ccccc12.Cc1ccc(C(=O)Cc2cc(C(F)(F)F)ccn2)cc1C#Cc1cnc(CC(N)=O)nc1.Cc1cn(-c2cc(CC(=O)c3ccc(C)c(C#Cc4cccnc4)c3)cc(C(F)(F)F)c2)cn1. The fraction of sp³-hybridized carbons (Fsp3) is 0.189. The Kier molecular flexibility index (Phi) is 32.4. The second-order valence-corrected chi connectivity index (χ2v) is 32.3. The smallest absolute Gasteiger partial charge is 0.384 e. The maximum atomic E-state index is 13.5. The van der Waals surface area contributed by atoms with Crippen LogP contribution in [0.1, 0.15) is 177 Å². The molecule has 1 fully saturated rings. The third kappa shape index (κ3) is 28.3. The number of hydrogen-bond acceptors (Lipinski definition) is 19. The molecular formula is C106H83F12N17O5. The molecule has 1 amide bonds. The Morgan fingerprint density at radius 2 is 0.950 bits per heavy atom. The van der Waals surface area contributed by atoms with Gasteiger partial charge in [0.25, 0.3) is 0 Å². The van der Waals surface area contributed by atoms with E-state index in [4.69, 9.17) is 11.5 Å². The number of amides is 1. The quantitative estimate of drug-likeness (QED) is 0.0363. The van der Waals surface area contributed by atoms with Crippen molar-refractivity contribution in [1.29, 1.82) is 0 Å². The van der Waals surface area contributed by atoms with Crippen LogP contribution in [0.2, 0.25) is 0 Å². The maximum absolute atomic E-state index is 13.5. The van der Waals surface area contributed by atoms with Crippen LogP contribution in [0.25, 0.3) is 22.3 Å². The number of ketones is 4. The van der Waals surface area contributed by atoms with E-state index in [0.29, 0.717) is 84.9 Å². The van der Waals surface area contributed by atoms with Crippen molar-refractivity contribution in [3.05, 3.63) is 396 Å². The van der Waals surface area contributed by atoms with Crippen LogP contribution in [-0.2, 0) is 61.6 Å². The Balaban J connectivity index is 0.000000158. The highest BCUT2D eigenvalue weighted by molar-refractivity contribution is 6.00. The van der Waals surface area contributed by atoms with Gasteiger partial charge in [0.05, 0.1) is 82.5 Å². The number of aryl methyl sites for hydroxylation is 5. The molecule has 22 nitrogen and oxygen atoms in total. The first-order valence-corrected chi connectivity index (χ1v) is 43.2. The number of benzene rings is 8. The largest absolute Gasteiger partial charge is 0.416 e. The summed E-state index contributed by atoms with van der Waals surface area (Å²) in [6.45, 7) is 12.6. The van der Waals surface area contributed by atoms with E-state index in [1.165, 1.54) is 77.7 Å². The second-order valence-electron chi connectivity index (χ2n) is 32.3. The molecule has 5 N–H and O–H groups in total. The first kappa shape index (κ1) is 100. The Morgan fingerprint density at radius 3 is 1.48 bits per heavy atom. The molecule has 7 aromatic heterocycles. The molecule has 0 saturated carbocycles. The summed E-state index contributed by atoms with van der Waals surface area (Å²) in [4.78, 5) is 93.0. The predicted octanol–water partition coefficient (Wildman–Crippen LogP) is 18.9. The van der Waals surface area contributed by atoms with Crippen LogP contribution in [-0.4, -0.2) is 125 Å². The fourth-order valence-corrected chi connectivity index (χ4v) is 14.3. The number of rotatable bonds is 20. The summed E-state index contributed by atoms with van der Waals surface area (Å²) in [7, 11) is 0. The average Bonchev–Trinajstić information content (AvgIpc) is 1.41. The first-order chi connectivity index (χ1) is 66.8. The van der Waals surface area contributed by atoms with Crippen LogP contribution in [0, 0.1) is 82.0 Å². The standard InChI is InChI=1S/C32H29F3N4O.C27H20F3N3O.C24H17F3N6O.C23H17F3N4O2/c1-22-8-9-24(18-23(22)10-11-25-21-37-38-30-7-3-2-6-28(25)30)31(40)20-26-19-27(32(33,34)35)12-13-29(26)36-14-17-39-15-4-5-16-39;1-18-5-7-23(13-22(18)8-6-20-4-3-9-31-15-20)26(34)12-21-10-24(27(28,29)30)14-25(11-21)33-16-19(2)32-17-33;1-15-2-3-18(11-17(15)4-5-20-13-30-32-23(28)31-20)22(34)10-16-8-19(24(25,26)27)12-21(9-16)33-7-6-29-14-33;1-14-2-4-17(20(31)10-19-9-18(6-7-28-19)23(24,25)26)8-16(14)5-3-15-12-29-22(30-13-15)11-21(27)32/h2-3,6-9,12-13,18-19,21,36H,4-5,14-17,20H2,1H3;3-5,7,9-11,13-17H,12H2,1-2H3;2-3,6-9,11-14H,10H2,1H3,(H2,28,31,32);2,4,6-9,12-13H,10-11H2,1H3,(H2,27,32). The number of nitrogens with one attached hydrogen (secondary N) is 1. The molecule has 34 heteroatoms. The maximum Gasteiger partial charge on any atom is 0.416 e. The Morgan fingerprint density at radius 1 is 0.429 bits per heavy atom. The minimum absolute atomic E-state index is 0.0106. The van der Waals surface area contributed by atoms with Crippen molar-refractivity contribution in [3.63, 3.8) is 0 Å². The van der Waals surface area contributed by atoms with Gasteiger partial charge in [0.1, 0.15) is 11.5 Å². The molecule has 140 heavy (non-hydrogen) atoms. The van der Waals surface area contributed by atoms with E-state index in [1.54, 1.807) is 111 Å². The lowest BCUT2D eigenvalue weighted by molar-refractivity contribution is -0.138. The lowest BCUT2D eigenvalue weighted by Crippen LogP contribution is -2.26. The van der Waals surface area contributed by atoms with E-state index < -0.39 is 52.9 Å². The molecule has 15 aromatic rings. The molecule has 0 radical (unpaired) electrons. The van der Waals surface area contributed by atoms with Gasteiger partial charge in [0.2, 0.25) is 11.9 Å². The number of Topliss-reactive ketones (excluding diaryl/α,β-unsaturated/α-hetero) is 4. The van der Waals surface area contributed by atoms with Crippen molar-refractivity contribution in [3.8, 4) is 58.7 Å². The number of hydrogen-bond donors (Lipinski definition) is 3. The summed E-state index contributed by atoms with van der Waals surface area (Å²) in [5, 5.41) is 19.5. The van der Waals surface area contributed by atoms with Crippen molar-refractivity contribution in [2.24, 2.45) is 5.73 Å². The summed E-state index contributed by atoms with van der Waals surface area (Å²) in [5.41, 5.74) is 20.3. The van der Waals surface area contributed by atoms with Crippen molar-refractivity contribution in [1.82, 2.24) is 69.3 Å². The average molecular weight is 1900 g/mol. The molecule has 8 aromatic carbocycles.